The van der Waals surface area contributed by atoms with E-state index in [0.29, 0.717) is 30.5 Å². The second kappa shape index (κ2) is 6.23. The summed E-state index contributed by atoms with van der Waals surface area (Å²) in [4.78, 5) is 10.8. The van der Waals surface area contributed by atoms with Crippen molar-refractivity contribution in [2.75, 3.05) is 36.5 Å². The van der Waals surface area contributed by atoms with Crippen LogP contribution in [0.2, 0.25) is 0 Å². The van der Waals surface area contributed by atoms with Gasteiger partial charge in [0.25, 0.3) is 0 Å². The number of hydrogen-bond donors (Lipinski definition) is 1. The van der Waals surface area contributed by atoms with Crippen LogP contribution in [0.25, 0.3) is 0 Å². The third-order valence-electron chi connectivity index (χ3n) is 3.35. The molecule has 0 unspecified atom stereocenters. The molecule has 0 amide bonds. The van der Waals surface area contributed by atoms with Gasteiger partial charge in [0.15, 0.2) is 11.6 Å². The predicted molar refractivity (Wildman–Crippen MR) is 79.4 cm³/mol. The number of hydrogen-bond acceptors (Lipinski definition) is 5. The molecule has 5 nitrogen and oxygen atoms in total. The number of anilines is 3. The average Bonchev–Trinajstić information content (AvgIpc) is 2.51. The van der Waals surface area contributed by atoms with Crippen LogP contribution < -0.4 is 10.2 Å². The molecule has 0 atom stereocenters. The largest absolute Gasteiger partial charge is 0.378 e. The van der Waals surface area contributed by atoms with Crippen molar-refractivity contribution < 1.29 is 13.5 Å². The first-order valence-corrected chi connectivity index (χ1v) is 7.02. The summed E-state index contributed by atoms with van der Waals surface area (Å²) in [5, 5.41) is 2.98. The van der Waals surface area contributed by atoms with Crippen molar-refractivity contribution in [3.05, 3.63) is 41.7 Å². The fourth-order valence-corrected chi connectivity index (χ4v) is 2.29. The van der Waals surface area contributed by atoms with Gasteiger partial charge in [0.05, 0.1) is 13.2 Å². The van der Waals surface area contributed by atoms with E-state index in [4.69, 9.17) is 4.74 Å². The maximum atomic E-state index is 13.3. The van der Waals surface area contributed by atoms with Gasteiger partial charge in [0.1, 0.15) is 17.5 Å². The number of nitrogens with zero attached hydrogens (tertiary/aromatic N) is 3. The molecular formula is C15H16F2N4O. The molecule has 1 saturated heterocycles. The summed E-state index contributed by atoms with van der Waals surface area (Å²) in [5.74, 6) is 0.164. The molecule has 0 bridgehead atoms. The highest BCUT2D eigenvalue weighted by Gasteiger charge is 2.14. The molecular weight excluding hydrogens is 290 g/mol. The summed E-state index contributed by atoms with van der Waals surface area (Å²) in [6.07, 6.45) is 0. The van der Waals surface area contributed by atoms with E-state index in [9.17, 15) is 8.78 Å². The number of nitrogens with one attached hydrogen (secondary N) is 1. The van der Waals surface area contributed by atoms with Gasteiger partial charge in [-0.2, -0.15) is 0 Å². The van der Waals surface area contributed by atoms with E-state index in [1.807, 2.05) is 0 Å². The molecule has 1 aromatic carbocycles. The number of benzene rings is 1. The van der Waals surface area contributed by atoms with Crippen LogP contribution in [0.3, 0.4) is 0 Å². The molecule has 22 heavy (non-hydrogen) atoms. The minimum absolute atomic E-state index is 0.435. The number of morpholine rings is 1. The van der Waals surface area contributed by atoms with Crippen molar-refractivity contribution >= 4 is 17.3 Å². The van der Waals surface area contributed by atoms with Crippen molar-refractivity contribution in [2.45, 2.75) is 6.92 Å². The molecule has 7 heteroatoms. The lowest BCUT2D eigenvalue weighted by Gasteiger charge is -2.28. The van der Waals surface area contributed by atoms with Gasteiger partial charge in [-0.25, -0.2) is 18.7 Å². The van der Waals surface area contributed by atoms with Gasteiger partial charge in [-0.1, -0.05) is 0 Å². The lowest BCUT2D eigenvalue weighted by molar-refractivity contribution is 0.122. The maximum Gasteiger partial charge on any atom is 0.160 e. The number of aryl methyl sites for hydroxylation is 1. The molecule has 0 radical (unpaired) electrons. The number of aromatic nitrogens is 2. The van der Waals surface area contributed by atoms with Crippen LogP contribution in [-0.4, -0.2) is 36.3 Å². The van der Waals surface area contributed by atoms with Crippen LogP contribution >= 0.6 is 0 Å². The first-order valence-electron chi connectivity index (χ1n) is 7.02. The third kappa shape index (κ3) is 3.30. The van der Waals surface area contributed by atoms with E-state index >= 15 is 0 Å². The molecule has 116 valence electrons. The van der Waals surface area contributed by atoms with Crippen molar-refractivity contribution in [1.29, 1.82) is 0 Å². The fraction of sp³-hybridized carbons (Fsp3) is 0.333. The monoisotopic (exact) mass is 306 g/mol. The summed E-state index contributed by atoms with van der Waals surface area (Å²) in [7, 11) is 0. The van der Waals surface area contributed by atoms with Crippen molar-refractivity contribution in [3.8, 4) is 0 Å². The lowest BCUT2D eigenvalue weighted by Crippen LogP contribution is -2.36. The fourth-order valence-electron chi connectivity index (χ4n) is 2.29. The van der Waals surface area contributed by atoms with Gasteiger partial charge >= 0.3 is 0 Å². The number of ether oxygens (including phenoxy) is 1. The van der Waals surface area contributed by atoms with Gasteiger partial charge in [-0.15, -0.1) is 0 Å². The molecule has 3 rings (SSSR count). The third-order valence-corrected chi connectivity index (χ3v) is 3.35. The highest BCUT2D eigenvalue weighted by atomic mass is 19.2. The molecule has 0 aliphatic carbocycles. The number of halogens is 2. The van der Waals surface area contributed by atoms with Crippen LogP contribution in [0.5, 0.6) is 0 Å². The molecule has 1 aliphatic heterocycles. The van der Waals surface area contributed by atoms with E-state index in [0.717, 1.165) is 31.0 Å². The minimum atomic E-state index is -0.899. The molecule has 0 saturated carbocycles. The van der Waals surface area contributed by atoms with Gasteiger partial charge in [0.2, 0.25) is 0 Å². The van der Waals surface area contributed by atoms with E-state index < -0.39 is 11.6 Å². The van der Waals surface area contributed by atoms with Crippen LogP contribution in [0.15, 0.2) is 24.3 Å². The first kappa shape index (κ1) is 14.6. The molecule has 1 aromatic heterocycles. The Labute approximate surface area is 127 Å². The lowest BCUT2D eigenvalue weighted by atomic mass is 10.3. The molecule has 1 aliphatic rings. The standard InChI is InChI=1S/C15H16F2N4O/c1-10-18-14(20-11-2-3-12(16)13(17)8-11)9-15(19-10)21-4-6-22-7-5-21/h2-3,8-9H,4-7H2,1H3,(H,18,19,20). The molecule has 1 fully saturated rings. The normalized spacial score (nSPS) is 15.0. The highest BCUT2D eigenvalue weighted by Crippen LogP contribution is 2.21. The Morgan fingerprint density at radius 3 is 2.59 bits per heavy atom. The Hall–Kier alpha value is -2.28. The second-order valence-corrected chi connectivity index (χ2v) is 5.01. The first-order chi connectivity index (χ1) is 10.6. The number of rotatable bonds is 3. The Balaban J connectivity index is 1.83. The van der Waals surface area contributed by atoms with Crippen molar-refractivity contribution in [2.24, 2.45) is 0 Å². The zero-order valence-corrected chi connectivity index (χ0v) is 12.1. The summed E-state index contributed by atoms with van der Waals surface area (Å²) in [5.41, 5.74) is 0.435. The summed E-state index contributed by atoms with van der Waals surface area (Å²) < 4.78 is 31.5. The van der Waals surface area contributed by atoms with E-state index in [1.54, 1.807) is 13.0 Å². The quantitative estimate of drug-likeness (QED) is 0.945. The average molecular weight is 306 g/mol. The van der Waals surface area contributed by atoms with Gasteiger partial charge in [0, 0.05) is 30.9 Å². The summed E-state index contributed by atoms with van der Waals surface area (Å²) >= 11 is 0. The SMILES string of the molecule is Cc1nc(Nc2ccc(F)c(F)c2)cc(N2CCOCC2)n1. The maximum absolute atomic E-state index is 13.3. The topological polar surface area (TPSA) is 50.3 Å². The van der Waals surface area contributed by atoms with Crippen LogP contribution in [0, 0.1) is 18.6 Å². The van der Waals surface area contributed by atoms with Crippen molar-refractivity contribution in [3.63, 3.8) is 0 Å². The Kier molecular flexibility index (Phi) is 4.15. The van der Waals surface area contributed by atoms with Gasteiger partial charge in [-0.3, -0.25) is 0 Å². The Morgan fingerprint density at radius 2 is 1.86 bits per heavy atom. The minimum Gasteiger partial charge on any atom is -0.378 e. The van der Waals surface area contributed by atoms with Gasteiger partial charge in [-0.05, 0) is 19.1 Å². The van der Waals surface area contributed by atoms with Crippen LogP contribution in [0.4, 0.5) is 26.1 Å². The zero-order chi connectivity index (χ0) is 15.5. The highest BCUT2D eigenvalue weighted by molar-refractivity contribution is 5.59. The summed E-state index contributed by atoms with van der Waals surface area (Å²) in [6, 6.07) is 5.43. The Morgan fingerprint density at radius 1 is 1.09 bits per heavy atom. The predicted octanol–water partition coefficient (Wildman–Crippen LogP) is 2.64. The molecule has 2 heterocycles. The van der Waals surface area contributed by atoms with Crippen LogP contribution in [0.1, 0.15) is 5.82 Å². The van der Waals surface area contributed by atoms with E-state index in [-0.39, 0.29) is 0 Å². The van der Waals surface area contributed by atoms with E-state index in [1.165, 1.54) is 6.07 Å². The van der Waals surface area contributed by atoms with Crippen LogP contribution in [-0.2, 0) is 4.74 Å². The molecule has 2 aromatic rings. The zero-order valence-electron chi connectivity index (χ0n) is 12.1. The van der Waals surface area contributed by atoms with Gasteiger partial charge < -0.3 is 15.0 Å². The molecule has 0 spiro atoms. The van der Waals surface area contributed by atoms with Crippen molar-refractivity contribution in [1.82, 2.24) is 9.97 Å². The van der Waals surface area contributed by atoms with E-state index in [2.05, 4.69) is 20.2 Å². The summed E-state index contributed by atoms with van der Waals surface area (Å²) in [6.45, 7) is 4.65. The smallest absolute Gasteiger partial charge is 0.160 e. The molecule has 1 N–H and O–H groups in total. The Bertz CT molecular complexity index is 675. The second-order valence-electron chi connectivity index (χ2n) is 5.01.